The first-order chi connectivity index (χ1) is 10.6. The number of aliphatic carboxylic acids is 2. The molecule has 0 aromatic carbocycles. The van der Waals surface area contributed by atoms with Crippen molar-refractivity contribution in [3.8, 4) is 0 Å². The van der Waals surface area contributed by atoms with Crippen molar-refractivity contribution in [1.29, 1.82) is 0 Å². The van der Waals surface area contributed by atoms with Crippen LogP contribution in [0, 0.1) is 5.92 Å². The van der Waals surface area contributed by atoms with Crippen molar-refractivity contribution in [1.82, 2.24) is 0 Å². The monoisotopic (exact) mass is 314 g/mol. The number of rotatable bonds is 16. The Bertz CT molecular complexity index is 275. The van der Waals surface area contributed by atoms with Gasteiger partial charge in [-0.2, -0.15) is 0 Å². The van der Waals surface area contributed by atoms with Gasteiger partial charge in [0, 0.05) is 0 Å². The predicted octanol–water partition coefficient (Wildman–Crippen LogP) is 5.25. The van der Waals surface area contributed by atoms with Gasteiger partial charge in [-0.1, -0.05) is 90.4 Å². The summed E-state index contributed by atoms with van der Waals surface area (Å²) in [4.78, 5) is 21.4. The third kappa shape index (κ3) is 12.7. The van der Waals surface area contributed by atoms with E-state index in [2.05, 4.69) is 6.92 Å². The molecule has 0 aromatic rings. The number of carboxylic acid groups (broad SMARTS) is 2. The molecular formula is C18H34O4. The molecule has 0 aromatic heterocycles. The molecule has 0 rings (SSSR count). The fourth-order valence-corrected chi connectivity index (χ4v) is 2.72. The Hall–Kier alpha value is -1.06. The van der Waals surface area contributed by atoms with Crippen molar-refractivity contribution in [2.75, 3.05) is 0 Å². The van der Waals surface area contributed by atoms with Gasteiger partial charge in [-0.15, -0.1) is 0 Å². The molecule has 0 atom stereocenters. The van der Waals surface area contributed by atoms with Gasteiger partial charge in [0.2, 0.25) is 0 Å². The zero-order valence-corrected chi connectivity index (χ0v) is 14.2. The van der Waals surface area contributed by atoms with Gasteiger partial charge in [-0.3, -0.25) is 9.59 Å². The first-order valence-corrected chi connectivity index (χ1v) is 9.05. The third-order valence-corrected chi connectivity index (χ3v) is 4.19. The standard InChI is InChI=1S/C18H34O4/c1-2-3-4-5-6-7-8-9-10-11-12-13-14-15-16(17(19)20)18(21)22/h16H,2-15H2,1H3,(H,19,20)(H,21,22). The van der Waals surface area contributed by atoms with Crippen LogP contribution in [0.15, 0.2) is 0 Å². The second-order valence-corrected chi connectivity index (χ2v) is 6.26. The summed E-state index contributed by atoms with van der Waals surface area (Å²) in [6, 6.07) is 0. The number of hydrogen-bond donors (Lipinski definition) is 2. The summed E-state index contributed by atoms with van der Waals surface area (Å²) in [5.41, 5.74) is 0. The maximum atomic E-state index is 10.7. The van der Waals surface area contributed by atoms with E-state index in [4.69, 9.17) is 10.2 Å². The predicted molar refractivity (Wildman–Crippen MR) is 89.1 cm³/mol. The highest BCUT2D eigenvalue weighted by Gasteiger charge is 2.24. The van der Waals surface area contributed by atoms with Crippen LogP contribution in [0.25, 0.3) is 0 Å². The maximum Gasteiger partial charge on any atom is 0.317 e. The normalized spacial score (nSPS) is 11.0. The van der Waals surface area contributed by atoms with Gasteiger partial charge >= 0.3 is 11.9 Å². The van der Waals surface area contributed by atoms with Crippen molar-refractivity contribution >= 4 is 11.9 Å². The van der Waals surface area contributed by atoms with Crippen molar-refractivity contribution in [3.63, 3.8) is 0 Å². The molecule has 2 N–H and O–H groups in total. The average molecular weight is 314 g/mol. The zero-order valence-electron chi connectivity index (χ0n) is 14.2. The molecule has 0 saturated carbocycles. The highest BCUT2D eigenvalue weighted by molar-refractivity contribution is 5.92. The van der Waals surface area contributed by atoms with Gasteiger partial charge in [0.05, 0.1) is 0 Å². The Labute approximate surface area is 135 Å². The Morgan fingerprint density at radius 1 is 0.636 bits per heavy atom. The molecule has 0 unspecified atom stereocenters. The van der Waals surface area contributed by atoms with Crippen LogP contribution >= 0.6 is 0 Å². The molecule has 0 aliphatic heterocycles. The lowest BCUT2D eigenvalue weighted by Crippen LogP contribution is -2.23. The SMILES string of the molecule is CCCCCCCCCCCCCCCC(C(=O)O)C(=O)O. The third-order valence-electron chi connectivity index (χ3n) is 4.19. The molecule has 0 spiro atoms. The lowest BCUT2D eigenvalue weighted by Gasteiger charge is -2.07. The minimum absolute atomic E-state index is 0.252. The number of unbranched alkanes of at least 4 members (excludes halogenated alkanes) is 12. The molecule has 4 nitrogen and oxygen atoms in total. The Morgan fingerprint density at radius 3 is 1.27 bits per heavy atom. The fourth-order valence-electron chi connectivity index (χ4n) is 2.72. The lowest BCUT2D eigenvalue weighted by atomic mass is 10.00. The number of carboxylic acids is 2. The Balaban J connectivity index is 3.26. The number of carbonyl (C=O) groups is 2. The second-order valence-electron chi connectivity index (χ2n) is 6.26. The van der Waals surface area contributed by atoms with Crippen LogP contribution in [0.4, 0.5) is 0 Å². The molecule has 0 aliphatic rings. The van der Waals surface area contributed by atoms with Crippen LogP contribution in [0.5, 0.6) is 0 Å². The molecule has 0 heterocycles. The highest BCUT2D eigenvalue weighted by atomic mass is 16.4. The van der Waals surface area contributed by atoms with Crippen molar-refractivity contribution in [2.24, 2.45) is 5.92 Å². The Kier molecular flexibility index (Phi) is 14.1. The first kappa shape index (κ1) is 20.9. The average Bonchev–Trinajstić information content (AvgIpc) is 2.46. The van der Waals surface area contributed by atoms with Crippen LogP contribution in [-0.4, -0.2) is 22.2 Å². The fraction of sp³-hybridized carbons (Fsp3) is 0.889. The van der Waals surface area contributed by atoms with Gasteiger partial charge < -0.3 is 10.2 Å². The first-order valence-electron chi connectivity index (χ1n) is 9.05. The molecule has 0 aliphatic carbocycles. The van der Waals surface area contributed by atoms with E-state index >= 15 is 0 Å². The molecule has 4 heteroatoms. The summed E-state index contributed by atoms with van der Waals surface area (Å²) in [5.74, 6) is -3.66. The van der Waals surface area contributed by atoms with E-state index in [9.17, 15) is 9.59 Å². The van der Waals surface area contributed by atoms with Crippen LogP contribution in [-0.2, 0) is 9.59 Å². The van der Waals surface area contributed by atoms with E-state index < -0.39 is 17.9 Å². The van der Waals surface area contributed by atoms with E-state index in [0.29, 0.717) is 6.42 Å². The molecular weight excluding hydrogens is 280 g/mol. The minimum atomic E-state index is -1.23. The molecule has 130 valence electrons. The van der Waals surface area contributed by atoms with Gasteiger partial charge in [-0.05, 0) is 6.42 Å². The van der Waals surface area contributed by atoms with Crippen molar-refractivity contribution in [2.45, 2.75) is 96.8 Å². The molecule has 0 amide bonds. The van der Waals surface area contributed by atoms with Crippen molar-refractivity contribution < 1.29 is 19.8 Å². The van der Waals surface area contributed by atoms with E-state index in [0.717, 1.165) is 12.8 Å². The van der Waals surface area contributed by atoms with Gasteiger partial charge in [0.15, 0.2) is 5.92 Å². The smallest absolute Gasteiger partial charge is 0.317 e. The van der Waals surface area contributed by atoms with Gasteiger partial charge in [0.25, 0.3) is 0 Å². The van der Waals surface area contributed by atoms with Crippen LogP contribution < -0.4 is 0 Å². The highest BCUT2D eigenvalue weighted by Crippen LogP contribution is 2.15. The van der Waals surface area contributed by atoms with Crippen LogP contribution in [0.2, 0.25) is 0 Å². The summed E-state index contributed by atoms with van der Waals surface area (Å²) in [7, 11) is 0. The van der Waals surface area contributed by atoms with E-state index in [-0.39, 0.29) is 6.42 Å². The molecule has 22 heavy (non-hydrogen) atoms. The quantitative estimate of drug-likeness (QED) is 0.301. The lowest BCUT2D eigenvalue weighted by molar-refractivity contribution is -0.154. The topological polar surface area (TPSA) is 74.6 Å². The van der Waals surface area contributed by atoms with Crippen molar-refractivity contribution in [3.05, 3.63) is 0 Å². The Morgan fingerprint density at radius 2 is 0.955 bits per heavy atom. The van der Waals surface area contributed by atoms with Gasteiger partial charge in [-0.25, -0.2) is 0 Å². The summed E-state index contributed by atoms with van der Waals surface area (Å²) in [6.45, 7) is 2.24. The zero-order chi connectivity index (χ0) is 16.6. The molecule has 0 fully saturated rings. The number of hydrogen-bond acceptors (Lipinski definition) is 2. The largest absolute Gasteiger partial charge is 0.481 e. The molecule has 0 bridgehead atoms. The maximum absolute atomic E-state index is 10.7. The van der Waals surface area contributed by atoms with E-state index in [1.165, 1.54) is 64.2 Å². The van der Waals surface area contributed by atoms with Gasteiger partial charge in [0.1, 0.15) is 0 Å². The van der Waals surface area contributed by atoms with Crippen LogP contribution in [0.1, 0.15) is 96.8 Å². The summed E-state index contributed by atoms with van der Waals surface area (Å²) in [5, 5.41) is 17.5. The summed E-state index contributed by atoms with van der Waals surface area (Å²) < 4.78 is 0. The molecule has 0 saturated heterocycles. The summed E-state index contributed by atoms with van der Waals surface area (Å²) >= 11 is 0. The minimum Gasteiger partial charge on any atom is -0.481 e. The second kappa shape index (κ2) is 14.9. The summed E-state index contributed by atoms with van der Waals surface area (Å²) in [6.07, 6.45) is 16.2. The van der Waals surface area contributed by atoms with E-state index in [1.807, 2.05) is 0 Å². The van der Waals surface area contributed by atoms with Crippen LogP contribution in [0.3, 0.4) is 0 Å². The molecule has 0 radical (unpaired) electrons. The van der Waals surface area contributed by atoms with E-state index in [1.54, 1.807) is 0 Å².